The number of hydrogen-bond donors (Lipinski definition) is 2. The Morgan fingerprint density at radius 1 is 1.43 bits per heavy atom. The summed E-state index contributed by atoms with van der Waals surface area (Å²) < 4.78 is 5.00. The molecule has 0 aliphatic heterocycles. The summed E-state index contributed by atoms with van der Waals surface area (Å²) in [5.74, 6) is 0.786. The largest absolute Gasteiger partial charge is 0.384 e. The molecule has 0 amide bonds. The highest BCUT2D eigenvalue weighted by Crippen LogP contribution is 2.21. The monoisotopic (exact) mass is 214 g/mol. The van der Waals surface area contributed by atoms with Gasteiger partial charge in [0.15, 0.2) is 5.16 Å². The summed E-state index contributed by atoms with van der Waals surface area (Å²) in [5, 5.41) is 0.869. The van der Waals surface area contributed by atoms with Gasteiger partial charge in [-0.2, -0.15) is 0 Å². The summed E-state index contributed by atoms with van der Waals surface area (Å²) in [6, 6.07) is 1.53. The molecule has 0 spiro atoms. The number of anilines is 2. The Kier molecular flexibility index (Phi) is 3.97. The van der Waals surface area contributed by atoms with Crippen molar-refractivity contribution in [1.29, 1.82) is 0 Å². The third kappa shape index (κ3) is 3.39. The Morgan fingerprint density at radius 2 is 2.00 bits per heavy atom. The minimum atomic E-state index is 0.279. The number of nitrogens with zero attached hydrogens (tertiary/aromatic N) is 2. The predicted octanol–water partition coefficient (Wildman–Crippen LogP) is 0.768. The maximum Gasteiger partial charge on any atom is 0.191 e. The topological polar surface area (TPSA) is 87.0 Å². The molecule has 1 atom stereocenters. The third-order valence-electron chi connectivity index (χ3n) is 1.45. The zero-order valence-electron chi connectivity index (χ0n) is 8.23. The van der Waals surface area contributed by atoms with E-state index in [0.29, 0.717) is 23.4 Å². The lowest BCUT2D eigenvalue weighted by atomic mass is 10.5. The van der Waals surface area contributed by atoms with Gasteiger partial charge in [0.1, 0.15) is 11.6 Å². The molecule has 0 radical (unpaired) electrons. The lowest BCUT2D eigenvalue weighted by Crippen LogP contribution is -2.07. The van der Waals surface area contributed by atoms with E-state index in [0.717, 1.165) is 0 Å². The van der Waals surface area contributed by atoms with Crippen molar-refractivity contribution in [3.8, 4) is 0 Å². The van der Waals surface area contributed by atoms with E-state index in [1.165, 1.54) is 17.8 Å². The zero-order valence-corrected chi connectivity index (χ0v) is 9.04. The molecule has 1 unspecified atom stereocenters. The Labute approximate surface area is 87.2 Å². The second-order valence-corrected chi connectivity index (χ2v) is 4.29. The molecule has 0 fully saturated rings. The summed E-state index contributed by atoms with van der Waals surface area (Å²) in [6.45, 7) is 2.67. The maximum absolute atomic E-state index is 5.53. The molecule has 1 rings (SSSR count). The number of ether oxygens (including phenoxy) is 1. The van der Waals surface area contributed by atoms with Crippen LogP contribution in [0, 0.1) is 0 Å². The number of aromatic nitrogens is 2. The van der Waals surface area contributed by atoms with Crippen LogP contribution >= 0.6 is 11.8 Å². The van der Waals surface area contributed by atoms with E-state index < -0.39 is 0 Å². The fourth-order valence-corrected chi connectivity index (χ4v) is 1.84. The van der Waals surface area contributed by atoms with Gasteiger partial charge >= 0.3 is 0 Å². The third-order valence-corrected chi connectivity index (χ3v) is 2.39. The van der Waals surface area contributed by atoms with E-state index in [2.05, 4.69) is 9.97 Å². The van der Waals surface area contributed by atoms with Crippen LogP contribution in [-0.4, -0.2) is 28.9 Å². The van der Waals surface area contributed by atoms with E-state index in [1.807, 2.05) is 6.92 Å². The van der Waals surface area contributed by atoms with Crippen LogP contribution in [0.4, 0.5) is 11.6 Å². The van der Waals surface area contributed by atoms with Gasteiger partial charge in [-0.05, 0) is 0 Å². The van der Waals surface area contributed by atoms with Crippen molar-refractivity contribution in [3.05, 3.63) is 6.07 Å². The molecule has 0 bridgehead atoms. The van der Waals surface area contributed by atoms with Crippen LogP contribution in [0.5, 0.6) is 0 Å². The molecule has 1 aromatic rings. The number of hydrogen-bond acceptors (Lipinski definition) is 6. The molecule has 6 heteroatoms. The summed E-state index contributed by atoms with van der Waals surface area (Å²) in [5.41, 5.74) is 11.1. The number of nitrogens with two attached hydrogens (primary N) is 2. The van der Waals surface area contributed by atoms with Gasteiger partial charge in [0.05, 0.1) is 6.61 Å². The minimum Gasteiger partial charge on any atom is -0.384 e. The van der Waals surface area contributed by atoms with Crippen molar-refractivity contribution in [2.24, 2.45) is 0 Å². The molecule has 4 N–H and O–H groups in total. The van der Waals surface area contributed by atoms with E-state index in [1.54, 1.807) is 7.11 Å². The van der Waals surface area contributed by atoms with Crippen molar-refractivity contribution >= 4 is 23.4 Å². The molecular weight excluding hydrogens is 200 g/mol. The summed E-state index contributed by atoms with van der Waals surface area (Å²) in [4.78, 5) is 8.10. The number of methoxy groups -OCH3 is 1. The van der Waals surface area contributed by atoms with Crippen molar-refractivity contribution < 1.29 is 4.74 Å². The van der Waals surface area contributed by atoms with E-state index in [-0.39, 0.29) is 5.25 Å². The first-order chi connectivity index (χ1) is 6.61. The average molecular weight is 214 g/mol. The van der Waals surface area contributed by atoms with Gasteiger partial charge in [-0.1, -0.05) is 18.7 Å². The lowest BCUT2D eigenvalue weighted by Gasteiger charge is -2.08. The Morgan fingerprint density at radius 3 is 2.50 bits per heavy atom. The van der Waals surface area contributed by atoms with E-state index >= 15 is 0 Å². The molecule has 0 aliphatic rings. The first-order valence-electron chi connectivity index (χ1n) is 4.17. The average Bonchev–Trinajstić information content (AvgIpc) is 2.01. The van der Waals surface area contributed by atoms with Gasteiger partial charge in [-0.3, -0.25) is 0 Å². The fraction of sp³-hybridized carbons (Fsp3) is 0.500. The molecule has 0 saturated carbocycles. The first kappa shape index (κ1) is 11.1. The van der Waals surface area contributed by atoms with Crippen LogP contribution in [0.2, 0.25) is 0 Å². The normalized spacial score (nSPS) is 12.7. The van der Waals surface area contributed by atoms with Crippen LogP contribution in [0.25, 0.3) is 0 Å². The standard InChI is InChI=1S/C8H14N4OS/c1-5(4-13-2)14-8-11-6(9)3-7(10)12-8/h3,5H,4H2,1-2H3,(H4,9,10,11,12). The van der Waals surface area contributed by atoms with E-state index in [4.69, 9.17) is 16.2 Å². The summed E-state index contributed by atoms with van der Waals surface area (Å²) >= 11 is 1.49. The molecule has 0 aliphatic carbocycles. The highest BCUT2D eigenvalue weighted by Gasteiger charge is 2.07. The molecule has 1 aromatic heterocycles. The Bertz CT molecular complexity index is 287. The highest BCUT2D eigenvalue weighted by molar-refractivity contribution is 7.99. The summed E-state index contributed by atoms with van der Waals surface area (Å²) in [7, 11) is 1.66. The smallest absolute Gasteiger partial charge is 0.191 e. The Hall–Kier alpha value is -1.01. The molecule has 0 saturated heterocycles. The zero-order chi connectivity index (χ0) is 10.6. The van der Waals surface area contributed by atoms with Gasteiger partial charge in [0.25, 0.3) is 0 Å². The molecule has 5 nitrogen and oxygen atoms in total. The minimum absolute atomic E-state index is 0.279. The Balaban J connectivity index is 2.66. The predicted molar refractivity (Wildman–Crippen MR) is 58.1 cm³/mol. The van der Waals surface area contributed by atoms with Gasteiger partial charge in [0.2, 0.25) is 0 Å². The summed E-state index contributed by atoms with van der Waals surface area (Å²) in [6.07, 6.45) is 0. The maximum atomic E-state index is 5.53. The van der Waals surface area contributed by atoms with Gasteiger partial charge in [-0.25, -0.2) is 9.97 Å². The highest BCUT2D eigenvalue weighted by atomic mass is 32.2. The van der Waals surface area contributed by atoms with Gasteiger partial charge in [0, 0.05) is 18.4 Å². The van der Waals surface area contributed by atoms with Crippen LogP contribution in [-0.2, 0) is 4.74 Å². The molecule has 1 heterocycles. The first-order valence-corrected chi connectivity index (χ1v) is 5.05. The fourth-order valence-electron chi connectivity index (χ4n) is 0.963. The quantitative estimate of drug-likeness (QED) is 0.568. The number of rotatable bonds is 4. The molecule has 14 heavy (non-hydrogen) atoms. The second-order valence-electron chi connectivity index (χ2n) is 2.88. The van der Waals surface area contributed by atoms with Crippen LogP contribution < -0.4 is 11.5 Å². The molecular formula is C8H14N4OS. The van der Waals surface area contributed by atoms with Crippen LogP contribution in [0.3, 0.4) is 0 Å². The molecule has 0 aromatic carbocycles. The number of thioether (sulfide) groups is 1. The van der Waals surface area contributed by atoms with Crippen LogP contribution in [0.1, 0.15) is 6.92 Å². The lowest BCUT2D eigenvalue weighted by molar-refractivity contribution is 0.203. The van der Waals surface area contributed by atoms with Crippen molar-refractivity contribution in [1.82, 2.24) is 9.97 Å². The number of nitrogen functional groups attached to an aromatic ring is 2. The molecule has 78 valence electrons. The second kappa shape index (κ2) is 5.02. The van der Waals surface area contributed by atoms with Crippen molar-refractivity contribution in [3.63, 3.8) is 0 Å². The van der Waals surface area contributed by atoms with Gasteiger partial charge in [-0.15, -0.1) is 0 Å². The van der Waals surface area contributed by atoms with Crippen molar-refractivity contribution in [2.45, 2.75) is 17.3 Å². The van der Waals surface area contributed by atoms with E-state index in [9.17, 15) is 0 Å². The van der Waals surface area contributed by atoms with Crippen molar-refractivity contribution in [2.75, 3.05) is 25.2 Å². The van der Waals surface area contributed by atoms with Crippen LogP contribution in [0.15, 0.2) is 11.2 Å². The SMILES string of the molecule is COCC(C)Sc1nc(N)cc(N)n1. The van der Waals surface area contributed by atoms with Gasteiger partial charge < -0.3 is 16.2 Å².